The van der Waals surface area contributed by atoms with Crippen molar-refractivity contribution in [3.05, 3.63) is 29.8 Å². The molecule has 33 heavy (non-hydrogen) atoms. The second-order valence-corrected chi connectivity index (χ2v) is 8.67. The van der Waals surface area contributed by atoms with Crippen molar-refractivity contribution in [2.24, 2.45) is 0 Å². The first kappa shape index (κ1) is 27.0. The first-order valence-corrected chi connectivity index (χ1v) is 12.9. The molecule has 0 spiro atoms. The lowest BCUT2D eigenvalue weighted by atomic mass is 10.1. The molecule has 0 aliphatic heterocycles. The molecular weight excluding hydrogens is 414 g/mol. The van der Waals surface area contributed by atoms with Crippen LogP contribution in [0, 0.1) is 6.92 Å². The summed E-state index contributed by atoms with van der Waals surface area (Å²) in [5.41, 5.74) is 1.95. The number of carbonyl (C=O) groups is 1. The average Bonchev–Trinajstić information content (AvgIpc) is 3.24. The van der Waals surface area contributed by atoms with Crippen LogP contribution >= 0.6 is 0 Å². The van der Waals surface area contributed by atoms with Crippen molar-refractivity contribution < 1.29 is 14.3 Å². The number of benzene rings is 1. The maximum absolute atomic E-state index is 13.0. The standard InChI is InChI=1S/C27H43N3O3/c1-4-6-7-8-9-10-11-12-13-14-15-20-25(31)30-26(24-19-17-16-18-23(24)3)28-27(29-30)33-22-21-32-5-2/h16-19H,4-15,20-22H2,1-3H3. The molecule has 0 bridgehead atoms. The quantitative estimate of drug-likeness (QED) is 0.225. The molecule has 6 heteroatoms. The van der Waals surface area contributed by atoms with Crippen LogP contribution in [0.3, 0.4) is 0 Å². The van der Waals surface area contributed by atoms with Gasteiger partial charge in [-0.1, -0.05) is 95.4 Å². The third-order valence-corrected chi connectivity index (χ3v) is 5.87. The predicted octanol–water partition coefficient (Wildman–Crippen LogP) is 7.01. The number of hydrogen-bond donors (Lipinski definition) is 0. The summed E-state index contributed by atoms with van der Waals surface area (Å²) in [7, 11) is 0. The van der Waals surface area contributed by atoms with E-state index in [1.807, 2.05) is 38.1 Å². The van der Waals surface area contributed by atoms with Gasteiger partial charge in [-0.15, -0.1) is 5.10 Å². The van der Waals surface area contributed by atoms with Gasteiger partial charge in [0, 0.05) is 18.6 Å². The van der Waals surface area contributed by atoms with E-state index in [4.69, 9.17) is 9.47 Å². The van der Waals surface area contributed by atoms with Gasteiger partial charge in [0.05, 0.1) is 6.61 Å². The number of aryl methyl sites for hydroxylation is 1. The number of carbonyl (C=O) groups excluding carboxylic acids is 1. The Morgan fingerprint density at radius 3 is 2.15 bits per heavy atom. The molecule has 0 N–H and O–H groups in total. The van der Waals surface area contributed by atoms with Gasteiger partial charge in [0.25, 0.3) is 0 Å². The maximum Gasteiger partial charge on any atom is 0.336 e. The Kier molecular flexibility index (Phi) is 13.4. The highest BCUT2D eigenvalue weighted by Crippen LogP contribution is 2.24. The monoisotopic (exact) mass is 457 g/mol. The first-order valence-electron chi connectivity index (χ1n) is 12.9. The molecule has 0 aliphatic carbocycles. The van der Waals surface area contributed by atoms with Crippen molar-refractivity contribution in [1.82, 2.24) is 14.8 Å². The molecule has 0 unspecified atom stereocenters. The minimum Gasteiger partial charge on any atom is -0.460 e. The lowest BCUT2D eigenvalue weighted by Gasteiger charge is -2.07. The van der Waals surface area contributed by atoms with E-state index < -0.39 is 0 Å². The zero-order chi connectivity index (χ0) is 23.7. The predicted molar refractivity (Wildman–Crippen MR) is 134 cm³/mol. The van der Waals surface area contributed by atoms with Crippen molar-refractivity contribution in [2.45, 2.75) is 97.8 Å². The summed E-state index contributed by atoms with van der Waals surface area (Å²) in [5.74, 6) is 0.518. The highest BCUT2D eigenvalue weighted by atomic mass is 16.5. The summed E-state index contributed by atoms with van der Waals surface area (Å²) < 4.78 is 12.4. The van der Waals surface area contributed by atoms with Crippen LogP contribution in [-0.2, 0) is 4.74 Å². The molecule has 2 aromatic rings. The largest absolute Gasteiger partial charge is 0.460 e. The van der Waals surface area contributed by atoms with Gasteiger partial charge in [-0.3, -0.25) is 4.79 Å². The van der Waals surface area contributed by atoms with Crippen LogP contribution in [0.5, 0.6) is 6.01 Å². The maximum atomic E-state index is 13.0. The molecule has 1 aromatic heterocycles. The second-order valence-electron chi connectivity index (χ2n) is 8.67. The zero-order valence-electron chi connectivity index (χ0n) is 21.0. The number of ether oxygens (including phenoxy) is 2. The number of aromatic nitrogens is 3. The van der Waals surface area contributed by atoms with Crippen LogP contribution < -0.4 is 4.74 Å². The van der Waals surface area contributed by atoms with Gasteiger partial charge in [-0.05, 0) is 25.8 Å². The van der Waals surface area contributed by atoms with Crippen LogP contribution in [0.1, 0.15) is 101 Å². The Bertz CT molecular complexity index is 804. The summed E-state index contributed by atoms with van der Waals surface area (Å²) in [5, 5.41) is 4.37. The van der Waals surface area contributed by atoms with Crippen molar-refractivity contribution >= 4 is 5.91 Å². The third-order valence-electron chi connectivity index (χ3n) is 5.87. The molecule has 0 radical (unpaired) electrons. The first-order chi connectivity index (χ1) is 16.2. The molecule has 6 nitrogen and oxygen atoms in total. The Balaban J connectivity index is 1.82. The molecule has 0 aliphatic rings. The Labute approximate surface area is 200 Å². The number of rotatable bonds is 18. The number of nitrogens with zero attached hydrogens (tertiary/aromatic N) is 3. The minimum atomic E-state index is -0.0312. The minimum absolute atomic E-state index is 0.0312. The van der Waals surface area contributed by atoms with Gasteiger partial charge in [0.2, 0.25) is 5.91 Å². The fraction of sp³-hybridized carbons (Fsp3) is 0.667. The Morgan fingerprint density at radius 1 is 0.879 bits per heavy atom. The molecule has 0 saturated carbocycles. The van der Waals surface area contributed by atoms with E-state index in [9.17, 15) is 4.79 Å². The van der Waals surface area contributed by atoms with Crippen molar-refractivity contribution in [3.63, 3.8) is 0 Å². The van der Waals surface area contributed by atoms with Crippen LogP contribution in [0.15, 0.2) is 24.3 Å². The van der Waals surface area contributed by atoms with E-state index in [1.54, 1.807) is 0 Å². The average molecular weight is 458 g/mol. The summed E-state index contributed by atoms with van der Waals surface area (Å²) in [6, 6.07) is 8.13. The lowest BCUT2D eigenvalue weighted by molar-refractivity contribution is 0.0878. The molecule has 0 amide bonds. The van der Waals surface area contributed by atoms with Gasteiger partial charge >= 0.3 is 6.01 Å². The fourth-order valence-corrected chi connectivity index (χ4v) is 3.91. The Hall–Kier alpha value is -2.21. The van der Waals surface area contributed by atoms with Gasteiger partial charge in [-0.2, -0.15) is 9.67 Å². The van der Waals surface area contributed by atoms with E-state index in [-0.39, 0.29) is 11.9 Å². The molecule has 2 rings (SSSR count). The zero-order valence-corrected chi connectivity index (χ0v) is 21.0. The smallest absolute Gasteiger partial charge is 0.336 e. The Morgan fingerprint density at radius 2 is 1.52 bits per heavy atom. The summed E-state index contributed by atoms with van der Waals surface area (Å²) in [6.45, 7) is 7.68. The number of unbranched alkanes of at least 4 members (excludes halogenated alkanes) is 10. The molecule has 184 valence electrons. The lowest BCUT2D eigenvalue weighted by Crippen LogP contribution is -2.14. The van der Waals surface area contributed by atoms with Crippen LogP contribution in [0.2, 0.25) is 0 Å². The van der Waals surface area contributed by atoms with E-state index in [0.717, 1.165) is 24.0 Å². The highest BCUT2D eigenvalue weighted by molar-refractivity contribution is 5.82. The van der Waals surface area contributed by atoms with E-state index in [1.165, 1.54) is 62.5 Å². The summed E-state index contributed by atoms with van der Waals surface area (Å²) in [4.78, 5) is 17.5. The molecular formula is C27H43N3O3. The van der Waals surface area contributed by atoms with Gasteiger partial charge in [0.1, 0.15) is 6.61 Å². The SMILES string of the molecule is CCCCCCCCCCCCCC(=O)n1nc(OCCOCC)nc1-c1ccccc1C. The molecule has 0 atom stereocenters. The van der Waals surface area contributed by atoms with E-state index >= 15 is 0 Å². The van der Waals surface area contributed by atoms with Gasteiger partial charge in [-0.25, -0.2) is 0 Å². The van der Waals surface area contributed by atoms with E-state index in [0.29, 0.717) is 32.1 Å². The highest BCUT2D eigenvalue weighted by Gasteiger charge is 2.19. The van der Waals surface area contributed by atoms with Gasteiger partial charge < -0.3 is 9.47 Å². The second kappa shape index (κ2) is 16.4. The summed E-state index contributed by atoms with van der Waals surface area (Å²) in [6.07, 6.45) is 14.3. The van der Waals surface area contributed by atoms with Crippen molar-refractivity contribution in [1.29, 1.82) is 0 Å². The van der Waals surface area contributed by atoms with Gasteiger partial charge in [0.15, 0.2) is 5.82 Å². The van der Waals surface area contributed by atoms with Crippen LogP contribution in [0.25, 0.3) is 11.4 Å². The normalized spacial score (nSPS) is 11.1. The van der Waals surface area contributed by atoms with Crippen molar-refractivity contribution in [3.8, 4) is 17.4 Å². The molecule has 0 fully saturated rings. The fourth-order valence-electron chi connectivity index (χ4n) is 3.91. The van der Waals surface area contributed by atoms with Crippen LogP contribution in [0.4, 0.5) is 0 Å². The van der Waals surface area contributed by atoms with Crippen LogP contribution in [-0.4, -0.2) is 40.5 Å². The number of hydrogen-bond acceptors (Lipinski definition) is 5. The van der Waals surface area contributed by atoms with Crippen molar-refractivity contribution in [2.75, 3.05) is 19.8 Å². The molecule has 0 saturated heterocycles. The molecule has 1 aromatic carbocycles. The third kappa shape index (κ3) is 10.1. The summed E-state index contributed by atoms with van der Waals surface area (Å²) >= 11 is 0. The molecule has 1 heterocycles. The topological polar surface area (TPSA) is 66.2 Å². The van der Waals surface area contributed by atoms with E-state index in [2.05, 4.69) is 17.0 Å².